The molecule has 1 saturated carbocycles. The number of carbonyl (C=O) groups excluding carboxylic acids is 1. The normalized spacial score (nSPS) is 20.2. The molecule has 1 amide bonds. The molecule has 1 aromatic heterocycles. The molecule has 2 heterocycles. The van der Waals surface area contributed by atoms with E-state index in [1.54, 1.807) is 37.1 Å². The number of carbonyl (C=O) groups is 1. The topological polar surface area (TPSA) is 75.6 Å². The number of nitrogens with zero attached hydrogens (tertiary/aromatic N) is 2. The summed E-state index contributed by atoms with van der Waals surface area (Å²) in [5.41, 5.74) is 2.55. The van der Waals surface area contributed by atoms with Crippen molar-refractivity contribution in [1.82, 2.24) is 14.8 Å². The Balaban J connectivity index is 1.58. The standard InChI is InChI=1S/C25H32Cl2N4O3/c1-30-9-6-16(12-23(30)32)20-5-7-28-14-21(20)25(33)31(19-3-4-19)15-17-11-18(29-8-10-34-2)13-22(26)24(17)27/h6,9,11-13,19-21,28-29H,3-5,7-8,10,14-15H2,1-2H3/t20-,21+/m0/s1. The Labute approximate surface area is 210 Å². The van der Waals surface area contributed by atoms with E-state index < -0.39 is 0 Å². The van der Waals surface area contributed by atoms with Crippen LogP contribution in [0.25, 0.3) is 0 Å². The third-order valence-electron chi connectivity index (χ3n) is 6.71. The quantitative estimate of drug-likeness (QED) is 0.507. The van der Waals surface area contributed by atoms with Gasteiger partial charge < -0.3 is 24.8 Å². The molecule has 184 valence electrons. The second kappa shape index (κ2) is 11.1. The van der Waals surface area contributed by atoms with Crippen LogP contribution in [0.5, 0.6) is 0 Å². The van der Waals surface area contributed by atoms with Gasteiger partial charge in [0.1, 0.15) is 0 Å². The highest BCUT2D eigenvalue weighted by Gasteiger charge is 2.40. The molecule has 7 nitrogen and oxygen atoms in total. The summed E-state index contributed by atoms with van der Waals surface area (Å²) >= 11 is 13.0. The minimum absolute atomic E-state index is 0.00463. The number of aromatic nitrogens is 1. The minimum Gasteiger partial charge on any atom is -0.383 e. The van der Waals surface area contributed by atoms with Gasteiger partial charge in [0.05, 0.1) is 22.6 Å². The van der Waals surface area contributed by atoms with Crippen LogP contribution in [0, 0.1) is 5.92 Å². The van der Waals surface area contributed by atoms with Gasteiger partial charge in [0.15, 0.2) is 0 Å². The Kier molecular flexibility index (Phi) is 8.19. The Morgan fingerprint density at radius 2 is 2.06 bits per heavy atom. The highest BCUT2D eigenvalue weighted by Crippen LogP contribution is 2.38. The number of pyridine rings is 1. The number of hydrogen-bond donors (Lipinski definition) is 2. The number of rotatable bonds is 9. The SMILES string of the molecule is COCCNc1cc(Cl)c(Cl)c(CN(C(=O)[C@@H]2CNCC[C@H]2c2ccn(C)c(=O)c2)C2CC2)c1. The maximum atomic E-state index is 13.9. The van der Waals surface area contributed by atoms with Crippen molar-refractivity contribution < 1.29 is 9.53 Å². The van der Waals surface area contributed by atoms with E-state index in [1.165, 1.54) is 0 Å². The summed E-state index contributed by atoms with van der Waals surface area (Å²) < 4.78 is 6.66. The number of halogens is 2. The van der Waals surface area contributed by atoms with Gasteiger partial charge in [0.2, 0.25) is 5.91 Å². The van der Waals surface area contributed by atoms with Gasteiger partial charge in [0, 0.05) is 57.8 Å². The summed E-state index contributed by atoms with van der Waals surface area (Å²) in [6.07, 6.45) is 4.57. The van der Waals surface area contributed by atoms with Crippen molar-refractivity contribution in [3.05, 3.63) is 62.0 Å². The van der Waals surface area contributed by atoms with Gasteiger partial charge in [-0.3, -0.25) is 9.59 Å². The second-order valence-electron chi connectivity index (χ2n) is 9.16. The number of piperidine rings is 1. The molecule has 2 aliphatic rings. The first kappa shape index (κ1) is 25.0. The van der Waals surface area contributed by atoms with Crippen molar-refractivity contribution in [3.63, 3.8) is 0 Å². The lowest BCUT2D eigenvalue weighted by Crippen LogP contribution is -2.47. The average Bonchev–Trinajstić information content (AvgIpc) is 3.67. The molecule has 4 rings (SSSR count). The predicted octanol–water partition coefficient (Wildman–Crippen LogP) is 3.63. The zero-order chi connectivity index (χ0) is 24.2. The molecule has 0 bridgehead atoms. The van der Waals surface area contributed by atoms with Crippen LogP contribution in [0.4, 0.5) is 5.69 Å². The van der Waals surface area contributed by atoms with E-state index in [4.69, 9.17) is 27.9 Å². The molecular weight excluding hydrogens is 475 g/mol. The van der Waals surface area contributed by atoms with Crippen LogP contribution in [-0.2, 0) is 23.1 Å². The highest BCUT2D eigenvalue weighted by atomic mass is 35.5. The van der Waals surface area contributed by atoms with E-state index >= 15 is 0 Å². The molecule has 1 aliphatic heterocycles. The van der Waals surface area contributed by atoms with Crippen molar-refractivity contribution in [2.75, 3.05) is 38.7 Å². The van der Waals surface area contributed by atoms with Gasteiger partial charge in [-0.2, -0.15) is 0 Å². The van der Waals surface area contributed by atoms with Crippen LogP contribution in [0.2, 0.25) is 10.0 Å². The van der Waals surface area contributed by atoms with Crippen molar-refractivity contribution in [1.29, 1.82) is 0 Å². The van der Waals surface area contributed by atoms with Crippen molar-refractivity contribution in [2.24, 2.45) is 13.0 Å². The molecule has 2 fully saturated rings. The number of ether oxygens (including phenoxy) is 1. The summed E-state index contributed by atoms with van der Waals surface area (Å²) in [6, 6.07) is 7.60. The fraction of sp³-hybridized carbons (Fsp3) is 0.520. The molecular formula is C25H32Cl2N4O3. The predicted molar refractivity (Wildman–Crippen MR) is 136 cm³/mol. The van der Waals surface area contributed by atoms with E-state index in [1.807, 2.05) is 17.0 Å². The molecule has 34 heavy (non-hydrogen) atoms. The van der Waals surface area contributed by atoms with Crippen molar-refractivity contribution in [2.45, 2.75) is 37.8 Å². The lowest BCUT2D eigenvalue weighted by molar-refractivity contribution is -0.138. The van der Waals surface area contributed by atoms with Crippen LogP contribution in [0.15, 0.2) is 35.3 Å². The van der Waals surface area contributed by atoms with Gasteiger partial charge in [0.25, 0.3) is 5.56 Å². The molecule has 1 saturated heterocycles. The lowest BCUT2D eigenvalue weighted by atomic mass is 9.80. The van der Waals surface area contributed by atoms with E-state index in [2.05, 4.69) is 10.6 Å². The van der Waals surface area contributed by atoms with E-state index in [0.29, 0.717) is 36.3 Å². The third-order valence-corrected chi connectivity index (χ3v) is 7.55. The molecule has 2 atom stereocenters. The smallest absolute Gasteiger partial charge is 0.250 e. The number of aryl methyl sites for hydroxylation is 1. The maximum Gasteiger partial charge on any atom is 0.250 e. The van der Waals surface area contributed by atoms with Crippen molar-refractivity contribution in [3.8, 4) is 0 Å². The Hall–Kier alpha value is -2.06. The molecule has 1 aliphatic carbocycles. The number of methoxy groups -OCH3 is 1. The first-order valence-electron chi connectivity index (χ1n) is 11.8. The summed E-state index contributed by atoms with van der Waals surface area (Å²) in [4.78, 5) is 28.1. The average molecular weight is 507 g/mol. The molecule has 0 spiro atoms. The molecule has 2 N–H and O–H groups in total. The Morgan fingerprint density at radius 1 is 1.26 bits per heavy atom. The van der Waals surface area contributed by atoms with Gasteiger partial charge in [-0.1, -0.05) is 23.2 Å². The molecule has 9 heteroatoms. The molecule has 0 radical (unpaired) electrons. The van der Waals surface area contributed by atoms with Crippen LogP contribution in [-0.4, -0.2) is 54.8 Å². The number of anilines is 1. The highest BCUT2D eigenvalue weighted by molar-refractivity contribution is 6.42. The number of amides is 1. The first-order valence-corrected chi connectivity index (χ1v) is 12.5. The fourth-order valence-corrected chi connectivity index (χ4v) is 5.05. The zero-order valence-electron chi connectivity index (χ0n) is 19.7. The van der Waals surface area contributed by atoms with Gasteiger partial charge in [-0.05, 0) is 61.1 Å². The summed E-state index contributed by atoms with van der Waals surface area (Å²) in [5.74, 6) is -0.131. The minimum atomic E-state index is -0.237. The van der Waals surface area contributed by atoms with Crippen LogP contribution in [0.1, 0.15) is 36.3 Å². The third kappa shape index (κ3) is 5.77. The van der Waals surface area contributed by atoms with Crippen molar-refractivity contribution >= 4 is 34.8 Å². The summed E-state index contributed by atoms with van der Waals surface area (Å²) in [6.45, 7) is 3.03. The summed E-state index contributed by atoms with van der Waals surface area (Å²) in [5, 5.41) is 7.60. The zero-order valence-corrected chi connectivity index (χ0v) is 21.2. The van der Waals surface area contributed by atoms with E-state index in [-0.39, 0.29) is 29.3 Å². The van der Waals surface area contributed by atoms with Gasteiger partial charge >= 0.3 is 0 Å². The Morgan fingerprint density at radius 3 is 2.76 bits per heavy atom. The van der Waals surface area contributed by atoms with Crippen LogP contribution in [0.3, 0.4) is 0 Å². The monoisotopic (exact) mass is 506 g/mol. The summed E-state index contributed by atoms with van der Waals surface area (Å²) in [7, 11) is 3.39. The van der Waals surface area contributed by atoms with Gasteiger partial charge in [-0.15, -0.1) is 0 Å². The number of hydrogen-bond acceptors (Lipinski definition) is 5. The largest absolute Gasteiger partial charge is 0.383 e. The molecule has 0 unspecified atom stereocenters. The van der Waals surface area contributed by atoms with Crippen LogP contribution < -0.4 is 16.2 Å². The van der Waals surface area contributed by atoms with E-state index in [0.717, 1.165) is 42.6 Å². The second-order valence-corrected chi connectivity index (χ2v) is 9.95. The van der Waals surface area contributed by atoms with E-state index in [9.17, 15) is 9.59 Å². The fourth-order valence-electron chi connectivity index (χ4n) is 4.64. The first-order chi connectivity index (χ1) is 16.4. The molecule has 1 aromatic carbocycles. The maximum absolute atomic E-state index is 13.9. The molecule has 2 aromatic rings. The number of nitrogens with one attached hydrogen (secondary N) is 2. The number of benzene rings is 1. The lowest BCUT2D eigenvalue weighted by Gasteiger charge is -2.36. The Bertz CT molecular complexity index is 1090. The van der Waals surface area contributed by atoms with Gasteiger partial charge in [-0.25, -0.2) is 0 Å². The van der Waals surface area contributed by atoms with Crippen LogP contribution >= 0.6 is 23.2 Å².